The van der Waals surface area contributed by atoms with Gasteiger partial charge in [0.2, 0.25) is 11.8 Å². The van der Waals surface area contributed by atoms with E-state index in [9.17, 15) is 18.0 Å². The highest BCUT2D eigenvalue weighted by Crippen LogP contribution is 2.27. The van der Waals surface area contributed by atoms with E-state index in [1.807, 2.05) is 45.0 Å². The number of carbonyl (C=O) groups excluding carboxylic acids is 2. The highest BCUT2D eigenvalue weighted by molar-refractivity contribution is 7.92. The quantitative estimate of drug-likeness (QED) is 0.305. The van der Waals surface area contributed by atoms with Crippen LogP contribution in [0, 0.1) is 6.92 Å². The van der Waals surface area contributed by atoms with Crippen molar-refractivity contribution in [1.29, 1.82) is 0 Å². The molecule has 1 N–H and O–H groups in total. The van der Waals surface area contributed by atoms with E-state index in [1.54, 1.807) is 25.1 Å². The first-order valence-electron chi connectivity index (χ1n) is 12.6. The molecule has 0 aliphatic heterocycles. The molecule has 0 aromatic heterocycles. The van der Waals surface area contributed by atoms with Crippen LogP contribution in [-0.2, 0) is 26.2 Å². The number of nitrogens with one attached hydrogen (secondary N) is 1. The minimum atomic E-state index is -4.20. The molecule has 0 radical (unpaired) electrons. The Labute approximate surface area is 240 Å². The zero-order chi connectivity index (χ0) is 28.7. The van der Waals surface area contributed by atoms with Crippen molar-refractivity contribution < 1.29 is 18.0 Å². The van der Waals surface area contributed by atoms with Crippen molar-refractivity contribution in [2.45, 2.75) is 57.6 Å². The van der Waals surface area contributed by atoms with Crippen molar-refractivity contribution in [2.24, 2.45) is 0 Å². The second-order valence-electron chi connectivity index (χ2n) is 9.45. The van der Waals surface area contributed by atoms with Crippen LogP contribution in [0.15, 0.2) is 77.7 Å². The number of benzene rings is 3. The summed E-state index contributed by atoms with van der Waals surface area (Å²) in [5.41, 5.74) is 2.09. The predicted molar refractivity (Wildman–Crippen MR) is 157 cm³/mol. The predicted octanol–water partition coefficient (Wildman–Crippen LogP) is 5.83. The van der Waals surface area contributed by atoms with Crippen molar-refractivity contribution in [3.63, 3.8) is 0 Å². The molecule has 208 valence electrons. The van der Waals surface area contributed by atoms with Gasteiger partial charge >= 0.3 is 0 Å². The summed E-state index contributed by atoms with van der Waals surface area (Å²) >= 11 is 12.2. The number of aryl methyl sites for hydroxylation is 1. The van der Waals surface area contributed by atoms with Gasteiger partial charge in [-0.3, -0.25) is 13.9 Å². The lowest BCUT2D eigenvalue weighted by molar-refractivity contribution is -0.139. The number of amides is 2. The van der Waals surface area contributed by atoms with Gasteiger partial charge in [-0.05, 0) is 75.2 Å². The number of rotatable bonds is 11. The summed E-state index contributed by atoms with van der Waals surface area (Å²) in [6.07, 6.45) is 0.728. The lowest BCUT2D eigenvalue weighted by atomic mass is 10.1. The molecule has 0 spiro atoms. The van der Waals surface area contributed by atoms with Gasteiger partial charge in [0.25, 0.3) is 10.0 Å². The van der Waals surface area contributed by atoms with Crippen LogP contribution in [0.3, 0.4) is 0 Å². The minimum Gasteiger partial charge on any atom is -0.352 e. The van der Waals surface area contributed by atoms with Gasteiger partial charge in [0.1, 0.15) is 12.6 Å². The van der Waals surface area contributed by atoms with E-state index in [1.165, 1.54) is 35.2 Å². The summed E-state index contributed by atoms with van der Waals surface area (Å²) in [5, 5.41) is 3.61. The molecule has 10 heteroatoms. The van der Waals surface area contributed by atoms with Crippen LogP contribution in [0.4, 0.5) is 5.69 Å². The lowest BCUT2D eigenvalue weighted by Gasteiger charge is -2.32. The molecule has 0 saturated carbocycles. The Morgan fingerprint density at radius 3 is 2.15 bits per heavy atom. The van der Waals surface area contributed by atoms with Crippen molar-refractivity contribution in [2.75, 3.05) is 10.8 Å². The third kappa shape index (κ3) is 7.97. The molecule has 0 unspecified atom stereocenters. The molecule has 3 aromatic rings. The first-order chi connectivity index (χ1) is 18.4. The molecule has 3 rings (SSSR count). The van der Waals surface area contributed by atoms with Crippen LogP contribution in [0.25, 0.3) is 0 Å². The Morgan fingerprint density at radius 1 is 0.923 bits per heavy atom. The molecule has 2 amide bonds. The van der Waals surface area contributed by atoms with E-state index < -0.39 is 28.5 Å². The molecule has 2 atom stereocenters. The Balaban J connectivity index is 2.02. The Hall–Kier alpha value is -3.07. The molecule has 0 heterocycles. The second kappa shape index (κ2) is 13.3. The summed E-state index contributed by atoms with van der Waals surface area (Å²) in [5.74, 6) is -0.862. The van der Waals surface area contributed by atoms with E-state index in [4.69, 9.17) is 23.2 Å². The average molecular weight is 591 g/mol. The van der Waals surface area contributed by atoms with Gasteiger partial charge in [0.05, 0.1) is 10.6 Å². The Morgan fingerprint density at radius 2 is 1.56 bits per heavy atom. The largest absolute Gasteiger partial charge is 0.352 e. The van der Waals surface area contributed by atoms with E-state index in [2.05, 4.69) is 5.32 Å². The maximum Gasteiger partial charge on any atom is 0.264 e. The topological polar surface area (TPSA) is 86.8 Å². The number of anilines is 1. The fourth-order valence-corrected chi connectivity index (χ4v) is 5.55. The van der Waals surface area contributed by atoms with Crippen LogP contribution in [0.2, 0.25) is 10.0 Å². The van der Waals surface area contributed by atoms with Gasteiger partial charge in [0.15, 0.2) is 0 Å². The van der Waals surface area contributed by atoms with Gasteiger partial charge in [-0.1, -0.05) is 66.0 Å². The summed E-state index contributed by atoms with van der Waals surface area (Å²) in [7, 11) is -4.20. The molecule has 3 aromatic carbocycles. The van der Waals surface area contributed by atoms with Gasteiger partial charge in [-0.25, -0.2) is 8.42 Å². The Bertz CT molecular complexity index is 1400. The number of sulfonamides is 1. The van der Waals surface area contributed by atoms with Crippen LogP contribution >= 0.6 is 23.2 Å². The van der Waals surface area contributed by atoms with Crippen molar-refractivity contribution in [3.05, 3.63) is 94.0 Å². The van der Waals surface area contributed by atoms with E-state index in [0.717, 1.165) is 21.9 Å². The van der Waals surface area contributed by atoms with Crippen molar-refractivity contribution in [3.8, 4) is 0 Å². The standard InChI is InChI=1S/C29H33Cl2N3O4S/c1-5-21(3)32-29(36)22(4)33(18-23-11-9-20(2)10-12-23)28(35)19-34(26-8-6-7-25(31)17-26)39(37,38)27-15-13-24(30)14-16-27/h6-17,21-22H,5,18-19H2,1-4H3,(H,32,36)/t21-,22-/m1/s1. The highest BCUT2D eigenvalue weighted by Gasteiger charge is 2.32. The molecule has 39 heavy (non-hydrogen) atoms. The first kappa shape index (κ1) is 30.5. The third-order valence-electron chi connectivity index (χ3n) is 6.42. The van der Waals surface area contributed by atoms with Gasteiger partial charge < -0.3 is 10.2 Å². The fraction of sp³-hybridized carbons (Fsp3) is 0.310. The molecular weight excluding hydrogens is 557 g/mol. The van der Waals surface area contributed by atoms with E-state index in [0.29, 0.717) is 10.0 Å². The maximum absolute atomic E-state index is 13.9. The molecule has 0 saturated heterocycles. The molecule has 7 nitrogen and oxygen atoms in total. The van der Waals surface area contributed by atoms with Crippen LogP contribution in [0.1, 0.15) is 38.3 Å². The number of halogens is 2. The van der Waals surface area contributed by atoms with Crippen LogP contribution < -0.4 is 9.62 Å². The maximum atomic E-state index is 13.9. The zero-order valence-electron chi connectivity index (χ0n) is 22.4. The van der Waals surface area contributed by atoms with Gasteiger partial charge in [-0.15, -0.1) is 0 Å². The number of hydrogen-bond donors (Lipinski definition) is 1. The summed E-state index contributed by atoms with van der Waals surface area (Å²) < 4.78 is 28.6. The fourth-order valence-electron chi connectivity index (χ4n) is 3.83. The zero-order valence-corrected chi connectivity index (χ0v) is 24.7. The third-order valence-corrected chi connectivity index (χ3v) is 8.69. The van der Waals surface area contributed by atoms with Crippen LogP contribution in [0.5, 0.6) is 0 Å². The normalized spacial score (nSPS) is 12.9. The minimum absolute atomic E-state index is 0.0349. The van der Waals surface area contributed by atoms with Crippen LogP contribution in [-0.4, -0.2) is 43.8 Å². The first-order valence-corrected chi connectivity index (χ1v) is 14.8. The Kier molecular flexibility index (Phi) is 10.4. The molecule has 0 fully saturated rings. The highest BCUT2D eigenvalue weighted by atomic mass is 35.5. The summed E-state index contributed by atoms with van der Waals surface area (Å²) in [6, 6.07) is 18.6. The second-order valence-corrected chi connectivity index (χ2v) is 12.2. The molecule has 0 aliphatic carbocycles. The number of hydrogen-bond acceptors (Lipinski definition) is 4. The number of nitrogens with zero attached hydrogens (tertiary/aromatic N) is 2. The van der Waals surface area contributed by atoms with E-state index >= 15 is 0 Å². The van der Waals surface area contributed by atoms with Crippen molar-refractivity contribution >= 4 is 50.7 Å². The van der Waals surface area contributed by atoms with Gasteiger partial charge in [-0.2, -0.15) is 0 Å². The lowest BCUT2D eigenvalue weighted by Crippen LogP contribution is -2.52. The summed E-state index contributed by atoms with van der Waals surface area (Å²) in [4.78, 5) is 28.4. The molecule has 0 bridgehead atoms. The monoisotopic (exact) mass is 589 g/mol. The smallest absolute Gasteiger partial charge is 0.264 e. The SMILES string of the molecule is CC[C@@H](C)NC(=O)[C@@H](C)N(Cc1ccc(C)cc1)C(=O)CN(c1cccc(Cl)c1)S(=O)(=O)c1ccc(Cl)cc1. The number of carbonyl (C=O) groups is 2. The molecular formula is C29H33Cl2N3O4S. The average Bonchev–Trinajstić information content (AvgIpc) is 2.90. The summed E-state index contributed by atoms with van der Waals surface area (Å²) in [6.45, 7) is 7.02. The molecule has 0 aliphatic rings. The van der Waals surface area contributed by atoms with Crippen molar-refractivity contribution in [1.82, 2.24) is 10.2 Å². The van der Waals surface area contributed by atoms with Gasteiger partial charge in [0, 0.05) is 22.6 Å². The van der Waals surface area contributed by atoms with E-state index in [-0.39, 0.29) is 29.1 Å².